The first-order valence-corrected chi connectivity index (χ1v) is 3.75. The Morgan fingerprint density at radius 3 is 2.08 bits per heavy atom. The van der Waals surface area contributed by atoms with E-state index in [0.29, 0.717) is 0 Å². The first-order valence-electron chi connectivity index (χ1n) is 3.75. The number of allylic oxidation sites excluding steroid dienone is 5. The van der Waals surface area contributed by atoms with Crippen LogP contribution in [0.1, 0.15) is 6.92 Å². The molecule has 0 aliphatic carbocycles. The van der Waals surface area contributed by atoms with Gasteiger partial charge in [0.1, 0.15) is 0 Å². The average molecular weight is 161 g/mol. The molecular formula is C11H15N. The highest BCUT2D eigenvalue weighted by molar-refractivity contribution is 5.16. The van der Waals surface area contributed by atoms with Crippen LogP contribution < -0.4 is 0 Å². The van der Waals surface area contributed by atoms with E-state index in [9.17, 15) is 0 Å². The van der Waals surface area contributed by atoms with Gasteiger partial charge in [-0.3, -0.25) is 0 Å². The molecule has 0 rings (SSSR count). The molecule has 0 heterocycles. The quantitative estimate of drug-likeness (QED) is 0.559. The van der Waals surface area contributed by atoms with Gasteiger partial charge in [0.25, 0.3) is 0 Å². The summed E-state index contributed by atoms with van der Waals surface area (Å²) in [7, 11) is 0. The van der Waals surface area contributed by atoms with E-state index in [1.807, 2.05) is 30.1 Å². The van der Waals surface area contributed by atoms with Crippen molar-refractivity contribution >= 4 is 0 Å². The lowest BCUT2D eigenvalue weighted by atomic mass is 10.3. The second-order valence-electron chi connectivity index (χ2n) is 2.20. The maximum atomic E-state index is 3.65. The third-order valence-corrected chi connectivity index (χ3v) is 1.39. The summed E-state index contributed by atoms with van der Waals surface area (Å²) in [4.78, 5) is 1.84. The third kappa shape index (κ3) is 3.62. The van der Waals surface area contributed by atoms with Gasteiger partial charge < -0.3 is 4.90 Å². The van der Waals surface area contributed by atoms with Crippen molar-refractivity contribution < 1.29 is 0 Å². The molecule has 0 aromatic heterocycles. The number of hydrogen-bond acceptors (Lipinski definition) is 1. The van der Waals surface area contributed by atoms with Crippen LogP contribution in [0.4, 0.5) is 0 Å². The van der Waals surface area contributed by atoms with Gasteiger partial charge in [-0.15, -0.1) is 0 Å². The van der Waals surface area contributed by atoms with Crippen molar-refractivity contribution in [2.24, 2.45) is 0 Å². The third-order valence-electron chi connectivity index (χ3n) is 1.39. The summed E-state index contributed by atoms with van der Waals surface area (Å²) < 4.78 is 0. The van der Waals surface area contributed by atoms with Gasteiger partial charge >= 0.3 is 0 Å². The minimum atomic E-state index is 1.07. The van der Waals surface area contributed by atoms with Gasteiger partial charge in [0.2, 0.25) is 0 Å². The van der Waals surface area contributed by atoms with Crippen molar-refractivity contribution in [2.75, 3.05) is 0 Å². The summed E-state index contributed by atoms with van der Waals surface area (Å²) in [5, 5.41) is 0. The molecule has 0 atom stereocenters. The second-order valence-corrected chi connectivity index (χ2v) is 2.20. The average Bonchev–Trinajstić information content (AvgIpc) is 2.07. The van der Waals surface area contributed by atoms with Crippen LogP contribution in [0.5, 0.6) is 0 Å². The molecule has 12 heavy (non-hydrogen) atoms. The Labute approximate surface area is 74.7 Å². The van der Waals surface area contributed by atoms with E-state index >= 15 is 0 Å². The molecule has 0 radical (unpaired) electrons. The molecule has 0 aromatic rings. The van der Waals surface area contributed by atoms with Gasteiger partial charge in [0.05, 0.1) is 0 Å². The Balaban J connectivity index is 4.32. The molecule has 0 N–H and O–H groups in total. The van der Waals surface area contributed by atoms with Crippen molar-refractivity contribution in [3.05, 3.63) is 62.1 Å². The molecule has 1 heteroatoms. The summed E-state index contributed by atoms with van der Waals surface area (Å²) in [5.74, 6) is 0. The van der Waals surface area contributed by atoms with Crippen LogP contribution in [-0.4, -0.2) is 4.90 Å². The van der Waals surface area contributed by atoms with Gasteiger partial charge in [0, 0.05) is 18.1 Å². The summed E-state index contributed by atoms with van der Waals surface area (Å²) in [6.07, 6.45) is 10.9. The van der Waals surface area contributed by atoms with Gasteiger partial charge in [-0.05, 0) is 13.0 Å². The lowest BCUT2D eigenvalue weighted by molar-refractivity contribution is 0.635. The van der Waals surface area contributed by atoms with Crippen molar-refractivity contribution in [1.29, 1.82) is 0 Å². The zero-order valence-electron chi connectivity index (χ0n) is 7.53. The highest BCUT2D eigenvalue weighted by Crippen LogP contribution is 2.03. The minimum absolute atomic E-state index is 1.07. The Morgan fingerprint density at radius 1 is 1.08 bits per heavy atom. The lowest BCUT2D eigenvalue weighted by Crippen LogP contribution is -2.03. The molecule has 0 saturated heterocycles. The fraction of sp³-hybridized carbons (Fsp3) is 0.0909. The highest BCUT2D eigenvalue weighted by atomic mass is 15.1. The Morgan fingerprint density at radius 2 is 1.67 bits per heavy atom. The number of rotatable bonds is 5. The molecular weight excluding hydrogens is 146 g/mol. The van der Waals surface area contributed by atoms with E-state index in [1.54, 1.807) is 18.5 Å². The smallest absolute Gasteiger partial charge is 0.0188 e. The molecule has 0 spiro atoms. The molecule has 0 fully saturated rings. The molecule has 0 aromatic carbocycles. The van der Waals surface area contributed by atoms with E-state index in [1.165, 1.54) is 0 Å². The molecule has 0 aliphatic rings. The predicted octanol–water partition coefficient (Wildman–Crippen LogP) is 3.22. The Hall–Kier alpha value is -1.50. The summed E-state index contributed by atoms with van der Waals surface area (Å²) >= 11 is 0. The van der Waals surface area contributed by atoms with Crippen LogP contribution in [0.15, 0.2) is 62.1 Å². The van der Waals surface area contributed by atoms with Crippen LogP contribution >= 0.6 is 0 Å². The van der Waals surface area contributed by atoms with E-state index in [0.717, 1.165) is 5.70 Å². The van der Waals surface area contributed by atoms with Crippen LogP contribution in [0.3, 0.4) is 0 Å². The largest absolute Gasteiger partial charge is 0.329 e. The van der Waals surface area contributed by atoms with E-state index in [2.05, 4.69) is 19.7 Å². The van der Waals surface area contributed by atoms with Crippen molar-refractivity contribution in [3.63, 3.8) is 0 Å². The maximum Gasteiger partial charge on any atom is 0.0188 e. The van der Waals surface area contributed by atoms with Crippen molar-refractivity contribution in [1.82, 2.24) is 4.90 Å². The molecule has 0 amide bonds. The Kier molecular flexibility index (Phi) is 5.45. The molecule has 1 nitrogen and oxygen atoms in total. The maximum absolute atomic E-state index is 3.65. The van der Waals surface area contributed by atoms with E-state index in [4.69, 9.17) is 0 Å². The fourth-order valence-corrected chi connectivity index (χ4v) is 0.722. The SMILES string of the molecule is C=C/C=C\C=C(/C)N(C=C)C=C. The standard InChI is InChI=1S/C11H15N/c1-5-8-9-10-11(4)12(6-2)7-3/h5-10H,1-3H2,4H3/b9-8-,11-10+. The summed E-state index contributed by atoms with van der Waals surface area (Å²) in [6.45, 7) is 12.9. The molecule has 0 bridgehead atoms. The van der Waals surface area contributed by atoms with E-state index in [-0.39, 0.29) is 0 Å². The van der Waals surface area contributed by atoms with Crippen molar-refractivity contribution in [2.45, 2.75) is 6.92 Å². The highest BCUT2D eigenvalue weighted by Gasteiger charge is 1.91. The van der Waals surface area contributed by atoms with Crippen molar-refractivity contribution in [3.8, 4) is 0 Å². The molecule has 0 saturated carbocycles. The fourth-order valence-electron chi connectivity index (χ4n) is 0.722. The zero-order chi connectivity index (χ0) is 9.40. The van der Waals surface area contributed by atoms with Crippen LogP contribution in [0.25, 0.3) is 0 Å². The minimum Gasteiger partial charge on any atom is -0.329 e. The van der Waals surface area contributed by atoms with Gasteiger partial charge in [-0.1, -0.05) is 38.0 Å². The number of nitrogens with zero attached hydrogens (tertiary/aromatic N) is 1. The van der Waals surface area contributed by atoms with E-state index < -0.39 is 0 Å². The topological polar surface area (TPSA) is 3.24 Å². The Bertz CT molecular complexity index is 213. The first kappa shape index (κ1) is 10.5. The van der Waals surface area contributed by atoms with Crippen LogP contribution in [0, 0.1) is 0 Å². The van der Waals surface area contributed by atoms with Crippen LogP contribution in [0.2, 0.25) is 0 Å². The molecule has 0 aliphatic heterocycles. The monoisotopic (exact) mass is 161 g/mol. The normalized spacial score (nSPS) is 11.2. The first-order chi connectivity index (χ1) is 5.76. The second kappa shape index (κ2) is 6.23. The molecule has 64 valence electrons. The van der Waals surface area contributed by atoms with Gasteiger partial charge in [-0.25, -0.2) is 0 Å². The zero-order valence-corrected chi connectivity index (χ0v) is 7.53. The lowest BCUT2D eigenvalue weighted by Gasteiger charge is -2.13. The summed E-state index contributed by atoms with van der Waals surface area (Å²) in [5.41, 5.74) is 1.07. The van der Waals surface area contributed by atoms with Gasteiger partial charge in [0.15, 0.2) is 0 Å². The predicted molar refractivity (Wildman–Crippen MR) is 55.3 cm³/mol. The number of hydrogen-bond donors (Lipinski definition) is 0. The van der Waals surface area contributed by atoms with Gasteiger partial charge in [-0.2, -0.15) is 0 Å². The summed E-state index contributed by atoms with van der Waals surface area (Å²) in [6, 6.07) is 0. The molecule has 0 unspecified atom stereocenters. The van der Waals surface area contributed by atoms with Crippen LogP contribution in [-0.2, 0) is 0 Å².